The van der Waals surface area contributed by atoms with E-state index in [0.29, 0.717) is 11.8 Å². The van der Waals surface area contributed by atoms with Gasteiger partial charge in [0.05, 0.1) is 0 Å². The molecule has 0 amide bonds. The number of hydrogen-bond donors (Lipinski definition) is 1. The lowest BCUT2D eigenvalue weighted by Gasteiger charge is -2.41. The van der Waals surface area contributed by atoms with Crippen molar-refractivity contribution in [2.45, 2.75) is 44.6 Å². The summed E-state index contributed by atoms with van der Waals surface area (Å²) in [6.07, 6.45) is 7.98. The average molecular weight is 245 g/mol. The van der Waals surface area contributed by atoms with Crippen LogP contribution in [-0.4, -0.2) is 23.6 Å². The Balaban J connectivity index is 1.95. The Bertz CT molecular complexity index is 423. The Hall–Kier alpha value is -1.02. The number of phenols is 1. The van der Waals surface area contributed by atoms with Gasteiger partial charge in [-0.15, -0.1) is 0 Å². The molecule has 0 spiro atoms. The number of benzene rings is 1. The third-order valence-corrected chi connectivity index (χ3v) is 4.75. The van der Waals surface area contributed by atoms with Crippen LogP contribution in [0.25, 0.3) is 0 Å². The van der Waals surface area contributed by atoms with Gasteiger partial charge in [-0.1, -0.05) is 25.3 Å². The molecule has 1 heterocycles. The number of hydrogen-bond acceptors (Lipinski definition) is 2. The van der Waals surface area contributed by atoms with E-state index in [-0.39, 0.29) is 0 Å². The van der Waals surface area contributed by atoms with E-state index in [1.54, 1.807) is 0 Å². The Labute approximate surface area is 110 Å². The number of aromatic hydroxyl groups is 1. The molecule has 1 aromatic carbocycles. The lowest BCUT2D eigenvalue weighted by Crippen LogP contribution is -2.37. The van der Waals surface area contributed by atoms with Gasteiger partial charge in [0.2, 0.25) is 0 Å². The first-order chi connectivity index (χ1) is 8.75. The molecule has 1 N–H and O–H groups in total. The minimum atomic E-state index is 0.421. The van der Waals surface area contributed by atoms with Crippen molar-refractivity contribution < 1.29 is 5.11 Å². The fourth-order valence-electron chi connectivity index (χ4n) is 3.82. The highest BCUT2D eigenvalue weighted by Gasteiger charge is 2.32. The standard InChI is InChI=1S/C16H23NO/c1-17-10-9-12-7-8-14(18)11-15(12)16(17)13-5-3-2-4-6-13/h7-8,11,13,16,18H,2-6,9-10H2,1H3. The molecule has 2 heteroatoms. The number of fused-ring (bicyclic) bond motifs is 1. The van der Waals surface area contributed by atoms with Crippen LogP contribution in [0.15, 0.2) is 18.2 Å². The molecule has 1 fully saturated rings. The van der Waals surface area contributed by atoms with Crippen LogP contribution >= 0.6 is 0 Å². The predicted molar refractivity (Wildman–Crippen MR) is 73.8 cm³/mol. The van der Waals surface area contributed by atoms with E-state index in [0.717, 1.165) is 18.9 Å². The van der Waals surface area contributed by atoms with Crippen LogP contribution in [0.1, 0.15) is 49.3 Å². The normalized spacial score (nSPS) is 25.9. The molecule has 0 aromatic heterocycles. The Morgan fingerprint density at radius 3 is 2.72 bits per heavy atom. The summed E-state index contributed by atoms with van der Waals surface area (Å²) in [5, 5.41) is 9.77. The summed E-state index contributed by atoms with van der Waals surface area (Å²) in [5.74, 6) is 1.20. The van der Waals surface area contributed by atoms with E-state index < -0.39 is 0 Å². The van der Waals surface area contributed by atoms with Gasteiger partial charge in [0.1, 0.15) is 5.75 Å². The van der Waals surface area contributed by atoms with Gasteiger partial charge in [0.15, 0.2) is 0 Å². The largest absolute Gasteiger partial charge is 0.508 e. The summed E-state index contributed by atoms with van der Waals surface area (Å²) in [6, 6.07) is 6.49. The lowest BCUT2D eigenvalue weighted by molar-refractivity contribution is 0.134. The molecule has 1 aliphatic carbocycles. The van der Waals surface area contributed by atoms with Crippen molar-refractivity contribution in [1.82, 2.24) is 4.90 Å². The molecule has 1 aliphatic heterocycles. The van der Waals surface area contributed by atoms with E-state index in [1.807, 2.05) is 12.1 Å². The maximum absolute atomic E-state index is 9.77. The van der Waals surface area contributed by atoms with E-state index in [4.69, 9.17) is 0 Å². The zero-order valence-electron chi connectivity index (χ0n) is 11.2. The highest BCUT2D eigenvalue weighted by atomic mass is 16.3. The summed E-state index contributed by atoms with van der Waals surface area (Å²) in [5.41, 5.74) is 2.83. The van der Waals surface area contributed by atoms with Gasteiger partial charge in [0, 0.05) is 12.6 Å². The molecule has 1 atom stereocenters. The first-order valence-electron chi connectivity index (χ1n) is 7.28. The molecule has 1 aromatic rings. The van der Waals surface area contributed by atoms with Gasteiger partial charge in [-0.2, -0.15) is 0 Å². The van der Waals surface area contributed by atoms with Crippen LogP contribution in [0.2, 0.25) is 0 Å². The zero-order valence-corrected chi connectivity index (χ0v) is 11.2. The second kappa shape index (κ2) is 4.93. The molecule has 98 valence electrons. The number of nitrogens with zero attached hydrogens (tertiary/aromatic N) is 1. The van der Waals surface area contributed by atoms with Crippen LogP contribution in [0.5, 0.6) is 5.75 Å². The molecule has 3 rings (SSSR count). The fraction of sp³-hybridized carbons (Fsp3) is 0.625. The van der Waals surface area contributed by atoms with Crippen LogP contribution in [0.4, 0.5) is 0 Å². The lowest BCUT2D eigenvalue weighted by atomic mass is 9.77. The minimum Gasteiger partial charge on any atom is -0.508 e. The molecule has 2 nitrogen and oxygen atoms in total. The van der Waals surface area contributed by atoms with Crippen molar-refractivity contribution in [2.24, 2.45) is 5.92 Å². The molecule has 1 saturated carbocycles. The van der Waals surface area contributed by atoms with Crippen molar-refractivity contribution in [3.63, 3.8) is 0 Å². The molecule has 0 radical (unpaired) electrons. The second-order valence-electron chi connectivity index (χ2n) is 5.96. The number of rotatable bonds is 1. The van der Waals surface area contributed by atoms with Crippen molar-refractivity contribution in [1.29, 1.82) is 0 Å². The fourth-order valence-corrected chi connectivity index (χ4v) is 3.82. The van der Waals surface area contributed by atoms with Crippen LogP contribution in [0, 0.1) is 5.92 Å². The second-order valence-corrected chi connectivity index (χ2v) is 5.96. The van der Waals surface area contributed by atoms with E-state index in [1.165, 1.54) is 43.2 Å². The third-order valence-electron chi connectivity index (χ3n) is 4.75. The summed E-state index contributed by atoms with van der Waals surface area (Å²) in [6.45, 7) is 1.15. The number of phenolic OH excluding ortho intramolecular Hbond substituents is 1. The quantitative estimate of drug-likeness (QED) is 0.818. The highest BCUT2D eigenvalue weighted by Crippen LogP contribution is 2.42. The van der Waals surface area contributed by atoms with E-state index in [9.17, 15) is 5.11 Å². The minimum absolute atomic E-state index is 0.421. The summed E-state index contributed by atoms with van der Waals surface area (Å²) >= 11 is 0. The Morgan fingerprint density at radius 1 is 1.17 bits per heavy atom. The maximum atomic E-state index is 9.77. The molecule has 2 aliphatic rings. The van der Waals surface area contributed by atoms with Gasteiger partial charge in [0.25, 0.3) is 0 Å². The summed E-state index contributed by atoms with van der Waals surface area (Å²) < 4.78 is 0. The first kappa shape index (κ1) is 12.0. The smallest absolute Gasteiger partial charge is 0.115 e. The monoisotopic (exact) mass is 245 g/mol. The average Bonchev–Trinajstić information content (AvgIpc) is 2.39. The molecule has 0 saturated heterocycles. The van der Waals surface area contributed by atoms with Crippen LogP contribution in [0.3, 0.4) is 0 Å². The predicted octanol–water partition coefficient (Wildman–Crippen LogP) is 3.50. The first-order valence-corrected chi connectivity index (χ1v) is 7.28. The number of likely N-dealkylation sites (N-methyl/N-ethyl adjacent to an activating group) is 1. The van der Waals surface area contributed by atoms with Crippen molar-refractivity contribution >= 4 is 0 Å². The SMILES string of the molecule is CN1CCc2ccc(O)cc2C1C1CCCCC1. The Kier molecular flexibility index (Phi) is 3.29. The van der Waals surface area contributed by atoms with Gasteiger partial charge >= 0.3 is 0 Å². The van der Waals surface area contributed by atoms with Crippen LogP contribution in [-0.2, 0) is 6.42 Å². The van der Waals surface area contributed by atoms with E-state index >= 15 is 0 Å². The van der Waals surface area contributed by atoms with Crippen molar-refractivity contribution in [3.05, 3.63) is 29.3 Å². The maximum Gasteiger partial charge on any atom is 0.115 e. The van der Waals surface area contributed by atoms with Gasteiger partial charge in [-0.05, 0) is 55.5 Å². The third kappa shape index (κ3) is 2.14. The van der Waals surface area contributed by atoms with Gasteiger partial charge in [-0.3, -0.25) is 4.90 Å². The topological polar surface area (TPSA) is 23.5 Å². The molecule has 18 heavy (non-hydrogen) atoms. The highest BCUT2D eigenvalue weighted by molar-refractivity contribution is 5.39. The summed E-state index contributed by atoms with van der Waals surface area (Å²) in [4.78, 5) is 2.50. The van der Waals surface area contributed by atoms with Gasteiger partial charge < -0.3 is 5.11 Å². The molecule has 1 unspecified atom stereocenters. The van der Waals surface area contributed by atoms with E-state index in [2.05, 4.69) is 18.0 Å². The van der Waals surface area contributed by atoms with Gasteiger partial charge in [-0.25, -0.2) is 0 Å². The van der Waals surface area contributed by atoms with Crippen LogP contribution < -0.4 is 0 Å². The Morgan fingerprint density at radius 2 is 1.94 bits per heavy atom. The van der Waals surface area contributed by atoms with Crippen molar-refractivity contribution in [3.8, 4) is 5.75 Å². The molecule has 0 bridgehead atoms. The van der Waals surface area contributed by atoms with Crippen molar-refractivity contribution in [2.75, 3.05) is 13.6 Å². The molecular weight excluding hydrogens is 222 g/mol. The zero-order chi connectivity index (χ0) is 12.5. The molecular formula is C16H23NO. The summed E-state index contributed by atoms with van der Waals surface area (Å²) in [7, 11) is 2.24.